The van der Waals surface area contributed by atoms with E-state index in [9.17, 15) is 4.79 Å². The third-order valence-electron chi connectivity index (χ3n) is 3.86. The van der Waals surface area contributed by atoms with E-state index in [2.05, 4.69) is 13.8 Å². The second-order valence-electron chi connectivity index (χ2n) is 5.84. The molecule has 0 N–H and O–H groups in total. The monoisotopic (exact) mass is 332 g/mol. The van der Waals surface area contributed by atoms with Crippen molar-refractivity contribution in [2.75, 3.05) is 33.5 Å². The molecular formula is C17H32O6. The quantitative estimate of drug-likeness (QED) is 0.427. The first-order chi connectivity index (χ1) is 11.1. The van der Waals surface area contributed by atoms with E-state index >= 15 is 0 Å². The fraction of sp³-hybridized carbons (Fsp3) is 0.941. The van der Waals surface area contributed by atoms with Gasteiger partial charge in [0.15, 0.2) is 6.10 Å². The van der Waals surface area contributed by atoms with E-state index in [1.165, 1.54) is 6.92 Å². The van der Waals surface area contributed by atoms with Crippen LogP contribution in [0, 0.1) is 0 Å². The minimum absolute atomic E-state index is 0.234. The molecular weight excluding hydrogens is 300 g/mol. The van der Waals surface area contributed by atoms with Crippen LogP contribution in [0.25, 0.3) is 0 Å². The molecule has 1 aliphatic rings. The lowest BCUT2D eigenvalue weighted by atomic mass is 9.99. The van der Waals surface area contributed by atoms with Crippen LogP contribution in [0.1, 0.15) is 46.5 Å². The normalized spacial score (nSPS) is 27.8. The molecule has 0 amide bonds. The van der Waals surface area contributed by atoms with E-state index in [-0.39, 0.29) is 24.3 Å². The number of carbonyl (C=O) groups excluding carboxylic acids is 1. The molecule has 0 radical (unpaired) electrons. The summed E-state index contributed by atoms with van der Waals surface area (Å²) in [7, 11) is 1.61. The van der Waals surface area contributed by atoms with Crippen molar-refractivity contribution in [3.63, 3.8) is 0 Å². The fourth-order valence-electron chi connectivity index (χ4n) is 2.56. The molecule has 136 valence electrons. The maximum Gasteiger partial charge on any atom is 0.303 e. The summed E-state index contributed by atoms with van der Waals surface area (Å²) in [5.41, 5.74) is 0. The molecule has 1 heterocycles. The number of carbonyl (C=O) groups is 1. The van der Waals surface area contributed by atoms with Gasteiger partial charge in [0.05, 0.1) is 13.2 Å². The van der Waals surface area contributed by atoms with Gasteiger partial charge in [0.2, 0.25) is 0 Å². The Bertz CT molecular complexity index is 322. The van der Waals surface area contributed by atoms with Gasteiger partial charge in [-0.25, -0.2) is 0 Å². The number of hydrogen-bond donors (Lipinski definition) is 0. The lowest BCUT2D eigenvalue weighted by Gasteiger charge is -2.40. The van der Waals surface area contributed by atoms with Crippen molar-refractivity contribution in [3.05, 3.63) is 0 Å². The van der Waals surface area contributed by atoms with Crippen molar-refractivity contribution in [1.29, 1.82) is 0 Å². The average Bonchev–Trinajstić information content (AvgIpc) is 2.53. The number of esters is 1. The van der Waals surface area contributed by atoms with E-state index in [4.69, 9.17) is 23.7 Å². The average molecular weight is 332 g/mol. The predicted molar refractivity (Wildman–Crippen MR) is 86.5 cm³/mol. The molecule has 0 aromatic rings. The zero-order chi connectivity index (χ0) is 17.1. The Hall–Kier alpha value is -0.690. The van der Waals surface area contributed by atoms with Crippen LogP contribution in [-0.4, -0.2) is 63.9 Å². The zero-order valence-corrected chi connectivity index (χ0v) is 14.9. The molecule has 23 heavy (non-hydrogen) atoms. The molecule has 1 saturated heterocycles. The first-order valence-corrected chi connectivity index (χ1v) is 8.64. The van der Waals surface area contributed by atoms with Gasteiger partial charge >= 0.3 is 5.97 Å². The Labute approximate surface area is 139 Å². The van der Waals surface area contributed by atoms with E-state index in [0.717, 1.165) is 25.7 Å². The Balaban J connectivity index is 2.63. The molecule has 6 heteroatoms. The van der Waals surface area contributed by atoms with Gasteiger partial charge in [-0.05, 0) is 12.8 Å². The molecule has 0 aromatic carbocycles. The predicted octanol–water partition coefficient (Wildman–Crippen LogP) is 2.33. The summed E-state index contributed by atoms with van der Waals surface area (Å²) < 4.78 is 28.3. The minimum Gasteiger partial charge on any atom is -0.457 e. The maximum atomic E-state index is 11.4. The molecule has 1 aliphatic heterocycles. The molecule has 0 aromatic heterocycles. The Morgan fingerprint density at radius 3 is 2.43 bits per heavy atom. The van der Waals surface area contributed by atoms with Crippen molar-refractivity contribution < 1.29 is 28.5 Å². The summed E-state index contributed by atoms with van der Waals surface area (Å²) in [4.78, 5) is 11.4. The van der Waals surface area contributed by atoms with Gasteiger partial charge in [-0.15, -0.1) is 0 Å². The summed E-state index contributed by atoms with van der Waals surface area (Å²) in [5.74, 6) is -0.353. The molecule has 0 unspecified atom stereocenters. The number of rotatable bonds is 11. The van der Waals surface area contributed by atoms with Gasteiger partial charge in [0.1, 0.15) is 18.3 Å². The van der Waals surface area contributed by atoms with Crippen molar-refractivity contribution in [2.45, 2.75) is 70.9 Å². The second kappa shape index (κ2) is 11.8. The highest BCUT2D eigenvalue weighted by Gasteiger charge is 2.43. The summed E-state index contributed by atoms with van der Waals surface area (Å²) >= 11 is 0. The van der Waals surface area contributed by atoms with Gasteiger partial charge in [0, 0.05) is 27.2 Å². The standard InChI is InChI=1S/C17H32O6/c1-5-7-9-20-11-14-17(23-13(3)18)16(19-4)15(12-22-14)21-10-8-6-2/h14-17H,5-12H2,1-4H3/t14-,15+,16-,17-/m1/s1. The van der Waals surface area contributed by atoms with Crippen LogP contribution in [0.3, 0.4) is 0 Å². The topological polar surface area (TPSA) is 63.2 Å². The molecule has 6 nitrogen and oxygen atoms in total. The molecule has 1 fully saturated rings. The lowest BCUT2D eigenvalue weighted by molar-refractivity contribution is -0.230. The van der Waals surface area contributed by atoms with Crippen LogP contribution in [-0.2, 0) is 28.5 Å². The highest BCUT2D eigenvalue weighted by molar-refractivity contribution is 5.66. The Morgan fingerprint density at radius 2 is 1.83 bits per heavy atom. The molecule has 4 atom stereocenters. The first-order valence-electron chi connectivity index (χ1n) is 8.64. The van der Waals surface area contributed by atoms with Crippen molar-refractivity contribution >= 4 is 5.97 Å². The van der Waals surface area contributed by atoms with E-state index in [1.54, 1.807) is 7.11 Å². The van der Waals surface area contributed by atoms with Crippen LogP contribution in [0.2, 0.25) is 0 Å². The van der Waals surface area contributed by atoms with Crippen molar-refractivity contribution in [1.82, 2.24) is 0 Å². The highest BCUT2D eigenvalue weighted by atomic mass is 16.6. The summed E-state index contributed by atoms with van der Waals surface area (Å²) in [6.45, 7) is 7.75. The third-order valence-corrected chi connectivity index (χ3v) is 3.86. The smallest absolute Gasteiger partial charge is 0.303 e. The van der Waals surface area contributed by atoms with Gasteiger partial charge < -0.3 is 23.7 Å². The largest absolute Gasteiger partial charge is 0.457 e. The molecule has 1 rings (SSSR count). The van der Waals surface area contributed by atoms with Crippen LogP contribution in [0.4, 0.5) is 0 Å². The molecule has 0 spiro atoms. The molecule has 0 aliphatic carbocycles. The molecule has 0 bridgehead atoms. The number of unbranched alkanes of at least 4 members (excludes halogenated alkanes) is 2. The number of ether oxygens (including phenoxy) is 5. The van der Waals surface area contributed by atoms with Crippen molar-refractivity contribution in [2.24, 2.45) is 0 Å². The van der Waals surface area contributed by atoms with E-state index in [0.29, 0.717) is 26.4 Å². The summed E-state index contributed by atoms with van der Waals surface area (Å²) in [5, 5.41) is 0. The van der Waals surface area contributed by atoms with Gasteiger partial charge in [-0.1, -0.05) is 26.7 Å². The van der Waals surface area contributed by atoms with Crippen LogP contribution in [0.15, 0.2) is 0 Å². The summed E-state index contributed by atoms with van der Waals surface area (Å²) in [6, 6.07) is 0. The van der Waals surface area contributed by atoms with Crippen LogP contribution < -0.4 is 0 Å². The minimum atomic E-state index is -0.514. The van der Waals surface area contributed by atoms with E-state index < -0.39 is 6.10 Å². The zero-order valence-electron chi connectivity index (χ0n) is 14.9. The van der Waals surface area contributed by atoms with Gasteiger partial charge in [-0.3, -0.25) is 4.79 Å². The maximum absolute atomic E-state index is 11.4. The Kier molecular flexibility index (Phi) is 10.4. The SMILES string of the molecule is CCCCOC[C@H]1OC[C@H](OCCCC)[C@@H](OC)[C@@H]1OC(C)=O. The number of hydrogen-bond acceptors (Lipinski definition) is 6. The van der Waals surface area contributed by atoms with Crippen LogP contribution in [0.5, 0.6) is 0 Å². The van der Waals surface area contributed by atoms with Crippen LogP contribution >= 0.6 is 0 Å². The van der Waals surface area contributed by atoms with Crippen molar-refractivity contribution in [3.8, 4) is 0 Å². The van der Waals surface area contributed by atoms with Gasteiger partial charge in [-0.2, -0.15) is 0 Å². The molecule has 0 saturated carbocycles. The third kappa shape index (κ3) is 7.16. The van der Waals surface area contributed by atoms with E-state index in [1.807, 2.05) is 0 Å². The number of methoxy groups -OCH3 is 1. The Morgan fingerprint density at radius 1 is 1.13 bits per heavy atom. The fourth-order valence-corrected chi connectivity index (χ4v) is 2.56. The summed E-state index contributed by atoms with van der Waals surface area (Å²) in [6.07, 6.45) is 2.70. The lowest BCUT2D eigenvalue weighted by Crippen LogP contribution is -2.57. The first kappa shape index (κ1) is 20.4. The van der Waals surface area contributed by atoms with Gasteiger partial charge in [0.25, 0.3) is 0 Å². The highest BCUT2D eigenvalue weighted by Crippen LogP contribution is 2.24. The second-order valence-corrected chi connectivity index (χ2v) is 5.84.